The second-order valence-electron chi connectivity index (χ2n) is 11.8. The van der Waals surface area contributed by atoms with Gasteiger partial charge in [-0.25, -0.2) is 9.07 Å². The Kier molecular flexibility index (Phi) is 9.42. The first-order chi connectivity index (χ1) is 20.1. The Bertz CT molecular complexity index is 1440. The van der Waals surface area contributed by atoms with Gasteiger partial charge in [-0.3, -0.25) is 9.59 Å². The maximum absolute atomic E-state index is 13.8. The van der Waals surface area contributed by atoms with Crippen LogP contribution in [0.15, 0.2) is 41.0 Å². The molecular formula is C32H39BrFN5O3. The van der Waals surface area contributed by atoms with E-state index in [2.05, 4.69) is 43.7 Å². The van der Waals surface area contributed by atoms with Crippen molar-refractivity contribution in [2.45, 2.75) is 71.9 Å². The van der Waals surface area contributed by atoms with E-state index < -0.39 is 0 Å². The number of nitrogens with zero attached hydrogens (tertiary/aromatic N) is 4. The Hall–Kier alpha value is -3.11. The lowest BCUT2D eigenvalue weighted by atomic mass is 9.77. The van der Waals surface area contributed by atoms with Crippen molar-refractivity contribution < 1.29 is 18.7 Å². The Morgan fingerprint density at radius 1 is 1.12 bits per heavy atom. The molecule has 2 amide bonds. The van der Waals surface area contributed by atoms with Crippen molar-refractivity contribution >= 4 is 33.4 Å². The quantitative estimate of drug-likeness (QED) is 0.346. The molecule has 1 saturated heterocycles. The third-order valence-corrected chi connectivity index (χ3v) is 9.22. The summed E-state index contributed by atoms with van der Waals surface area (Å²) in [7, 11) is 0. The van der Waals surface area contributed by atoms with Crippen LogP contribution in [0, 0.1) is 38.4 Å². The molecular weight excluding hydrogens is 601 g/mol. The Labute approximate surface area is 255 Å². The predicted octanol–water partition coefficient (Wildman–Crippen LogP) is 5.93. The van der Waals surface area contributed by atoms with Gasteiger partial charge in [-0.15, -0.1) is 5.10 Å². The molecule has 224 valence electrons. The molecule has 2 aromatic carbocycles. The van der Waals surface area contributed by atoms with Crippen LogP contribution in [0.3, 0.4) is 0 Å². The minimum atomic E-state index is -0.347. The molecule has 3 unspecified atom stereocenters. The second-order valence-corrected chi connectivity index (χ2v) is 12.6. The molecule has 2 aliphatic rings. The Morgan fingerprint density at radius 2 is 1.83 bits per heavy atom. The first-order valence-electron chi connectivity index (χ1n) is 14.8. The van der Waals surface area contributed by atoms with E-state index in [-0.39, 0.29) is 41.6 Å². The summed E-state index contributed by atoms with van der Waals surface area (Å²) in [6, 6.07) is 8.93. The molecule has 1 aliphatic carbocycles. The van der Waals surface area contributed by atoms with Crippen LogP contribution in [0.5, 0.6) is 0 Å². The average Bonchev–Trinajstić information content (AvgIpc) is 3.44. The molecule has 3 aromatic rings. The smallest absolute Gasteiger partial charge is 0.228 e. The van der Waals surface area contributed by atoms with Crippen molar-refractivity contribution in [3.8, 4) is 0 Å². The molecule has 2 fully saturated rings. The molecule has 10 heteroatoms. The SMILES string of the molecule is Cc1cc(C)c(NC(=O)C2CCCCC2C(=O)N2CCOC(Cc3cn([C@@H](C)c4ccc(F)c(Br)c4)nn3)C2)c(C)c1. The lowest BCUT2D eigenvalue weighted by molar-refractivity contribution is -0.148. The highest BCUT2D eigenvalue weighted by Gasteiger charge is 2.39. The highest BCUT2D eigenvalue weighted by molar-refractivity contribution is 9.10. The van der Waals surface area contributed by atoms with Gasteiger partial charge in [0.15, 0.2) is 0 Å². The molecule has 4 atom stereocenters. The predicted molar refractivity (Wildman–Crippen MR) is 163 cm³/mol. The van der Waals surface area contributed by atoms with Gasteiger partial charge in [-0.1, -0.05) is 41.8 Å². The fraction of sp³-hybridized carbons (Fsp3) is 0.500. The van der Waals surface area contributed by atoms with Crippen molar-refractivity contribution in [3.05, 3.63) is 74.8 Å². The van der Waals surface area contributed by atoms with Gasteiger partial charge >= 0.3 is 0 Å². The fourth-order valence-corrected chi connectivity index (χ4v) is 6.76. The number of halogens is 2. The number of nitrogens with one attached hydrogen (secondary N) is 1. The van der Waals surface area contributed by atoms with E-state index in [1.165, 1.54) is 6.07 Å². The molecule has 1 aliphatic heterocycles. The van der Waals surface area contributed by atoms with Gasteiger partial charge in [-0.05, 0) is 85.3 Å². The number of rotatable bonds is 7. The number of morpholine rings is 1. The minimum absolute atomic E-state index is 0.0414. The first kappa shape index (κ1) is 30.4. The van der Waals surface area contributed by atoms with Crippen molar-refractivity contribution in [1.82, 2.24) is 19.9 Å². The number of aromatic nitrogens is 3. The summed E-state index contributed by atoms with van der Waals surface area (Å²) < 4.78 is 21.9. The van der Waals surface area contributed by atoms with Crippen LogP contribution < -0.4 is 5.32 Å². The van der Waals surface area contributed by atoms with Crippen LogP contribution in [-0.2, 0) is 20.7 Å². The standard InChI is InChI=1S/C32H39BrFN5O3/c1-19-13-20(2)30(21(3)14-19)35-31(40)26-7-5-6-8-27(26)32(41)38-11-12-42-25(18-38)16-24-17-39(37-36-24)22(4)23-9-10-29(34)28(33)15-23/h9-10,13-15,17,22,25-27H,5-8,11-12,16,18H2,1-4H3,(H,35,40)/t22-,25?,26?,27?/m0/s1. The van der Waals surface area contributed by atoms with E-state index in [0.717, 1.165) is 52.9 Å². The number of hydrogen-bond donors (Lipinski definition) is 1. The van der Waals surface area contributed by atoms with E-state index >= 15 is 0 Å². The topological polar surface area (TPSA) is 89.4 Å². The maximum atomic E-state index is 13.8. The first-order valence-corrected chi connectivity index (χ1v) is 15.5. The van der Waals surface area contributed by atoms with Crippen LogP contribution in [-0.4, -0.2) is 57.5 Å². The molecule has 42 heavy (non-hydrogen) atoms. The summed E-state index contributed by atoms with van der Waals surface area (Å²) in [5, 5.41) is 11.8. The molecule has 0 spiro atoms. The number of carbonyl (C=O) groups is 2. The summed E-state index contributed by atoms with van der Waals surface area (Å²) in [6.45, 7) is 9.45. The van der Waals surface area contributed by atoms with Crippen LogP contribution >= 0.6 is 15.9 Å². The highest BCUT2D eigenvalue weighted by atomic mass is 79.9. The largest absolute Gasteiger partial charge is 0.374 e. The number of hydrogen-bond acceptors (Lipinski definition) is 5. The number of ether oxygens (including phenoxy) is 1. The molecule has 1 aromatic heterocycles. The van der Waals surface area contributed by atoms with Gasteiger partial charge < -0.3 is 15.0 Å². The molecule has 1 saturated carbocycles. The summed E-state index contributed by atoms with van der Waals surface area (Å²) in [5.41, 5.74) is 5.75. The van der Waals surface area contributed by atoms with Crippen LogP contribution in [0.4, 0.5) is 10.1 Å². The zero-order chi connectivity index (χ0) is 30.0. The van der Waals surface area contributed by atoms with Gasteiger partial charge in [-0.2, -0.15) is 0 Å². The summed E-state index contributed by atoms with van der Waals surface area (Å²) >= 11 is 3.25. The molecule has 1 N–H and O–H groups in total. The maximum Gasteiger partial charge on any atom is 0.228 e. The minimum Gasteiger partial charge on any atom is -0.374 e. The third-order valence-electron chi connectivity index (χ3n) is 8.61. The van der Waals surface area contributed by atoms with Crippen LogP contribution in [0.25, 0.3) is 0 Å². The monoisotopic (exact) mass is 639 g/mol. The second kappa shape index (κ2) is 13.0. The molecule has 0 radical (unpaired) electrons. The van der Waals surface area contributed by atoms with Gasteiger partial charge in [0.25, 0.3) is 0 Å². The lowest BCUT2D eigenvalue weighted by Gasteiger charge is -2.38. The molecule has 5 rings (SSSR count). The highest BCUT2D eigenvalue weighted by Crippen LogP contribution is 2.34. The average molecular weight is 641 g/mol. The van der Waals surface area contributed by atoms with Gasteiger partial charge in [0.05, 0.1) is 28.9 Å². The van der Waals surface area contributed by atoms with E-state index in [9.17, 15) is 14.0 Å². The molecule has 8 nitrogen and oxygen atoms in total. The van der Waals surface area contributed by atoms with Crippen molar-refractivity contribution in [2.75, 3.05) is 25.0 Å². The van der Waals surface area contributed by atoms with E-state index in [1.807, 2.05) is 38.8 Å². The van der Waals surface area contributed by atoms with Crippen molar-refractivity contribution in [2.24, 2.45) is 11.8 Å². The van der Waals surface area contributed by atoms with E-state index in [1.54, 1.807) is 16.8 Å². The third kappa shape index (κ3) is 6.75. The Morgan fingerprint density at radius 3 is 2.55 bits per heavy atom. The molecule has 2 heterocycles. The van der Waals surface area contributed by atoms with Gasteiger partial charge in [0, 0.05) is 43.2 Å². The zero-order valence-electron chi connectivity index (χ0n) is 24.7. The molecule has 0 bridgehead atoms. The number of amides is 2. The van der Waals surface area contributed by atoms with Crippen molar-refractivity contribution in [1.29, 1.82) is 0 Å². The summed E-state index contributed by atoms with van der Waals surface area (Å²) in [6.07, 6.45) is 5.51. The van der Waals surface area contributed by atoms with Gasteiger partial charge in [0.1, 0.15) is 5.82 Å². The lowest BCUT2D eigenvalue weighted by Crippen LogP contribution is -2.51. The Balaban J connectivity index is 1.22. The summed E-state index contributed by atoms with van der Waals surface area (Å²) in [4.78, 5) is 29.2. The van der Waals surface area contributed by atoms with Crippen molar-refractivity contribution in [3.63, 3.8) is 0 Å². The number of benzene rings is 2. The summed E-state index contributed by atoms with van der Waals surface area (Å²) in [5.74, 6) is -1.01. The van der Waals surface area contributed by atoms with Crippen LogP contribution in [0.2, 0.25) is 0 Å². The zero-order valence-corrected chi connectivity index (χ0v) is 26.3. The fourth-order valence-electron chi connectivity index (χ4n) is 6.37. The number of anilines is 1. The number of aryl methyl sites for hydroxylation is 3. The number of carbonyl (C=O) groups excluding carboxylic acids is 2. The van der Waals surface area contributed by atoms with Crippen LogP contribution in [0.1, 0.15) is 66.6 Å². The van der Waals surface area contributed by atoms with E-state index in [4.69, 9.17) is 4.74 Å². The van der Waals surface area contributed by atoms with Gasteiger partial charge in [0.2, 0.25) is 11.8 Å². The normalized spacial score (nSPS) is 21.7. The van der Waals surface area contributed by atoms with E-state index in [0.29, 0.717) is 37.0 Å².